The third-order valence-electron chi connectivity index (χ3n) is 2.76. The van der Waals surface area contributed by atoms with Gasteiger partial charge in [0.15, 0.2) is 6.10 Å². The molecule has 0 heterocycles. The van der Waals surface area contributed by atoms with E-state index >= 15 is 0 Å². The zero-order chi connectivity index (χ0) is 15.2. The highest BCUT2D eigenvalue weighted by Crippen LogP contribution is 2.15. The summed E-state index contributed by atoms with van der Waals surface area (Å²) in [4.78, 5) is 12.0. The summed E-state index contributed by atoms with van der Waals surface area (Å²) < 4.78 is 18.3. The monoisotopic (exact) mass is 284 g/mol. The maximum absolute atomic E-state index is 12.8. The minimum absolute atomic E-state index is 0.357. The van der Waals surface area contributed by atoms with Gasteiger partial charge in [-0.05, 0) is 49.4 Å². The highest BCUT2D eigenvalue weighted by molar-refractivity contribution is 5.94. The standard InChI is InChI=1S/C16H13FN2O2/c1-11(21-15-4-2-3-12(9-15)10-18)16(20)19-14-7-5-13(17)6-8-14/h2-9,11H,1H3,(H,19,20). The van der Waals surface area contributed by atoms with Crippen molar-refractivity contribution in [3.8, 4) is 11.8 Å². The SMILES string of the molecule is CC(Oc1cccc(C#N)c1)C(=O)Nc1ccc(F)cc1. The van der Waals surface area contributed by atoms with Crippen LogP contribution in [0.3, 0.4) is 0 Å². The van der Waals surface area contributed by atoms with Gasteiger partial charge in [-0.2, -0.15) is 5.26 Å². The summed E-state index contributed by atoms with van der Waals surface area (Å²) in [5.41, 5.74) is 0.946. The van der Waals surface area contributed by atoms with Gasteiger partial charge in [-0.25, -0.2) is 4.39 Å². The number of ether oxygens (including phenoxy) is 1. The molecule has 0 aromatic heterocycles. The summed E-state index contributed by atoms with van der Waals surface area (Å²) in [5, 5.41) is 11.4. The lowest BCUT2D eigenvalue weighted by Gasteiger charge is -2.14. The average molecular weight is 284 g/mol. The van der Waals surface area contributed by atoms with Gasteiger partial charge in [0.05, 0.1) is 11.6 Å². The van der Waals surface area contributed by atoms with Crippen LogP contribution >= 0.6 is 0 Å². The summed E-state index contributed by atoms with van der Waals surface area (Å²) in [6, 6.07) is 14.0. The molecular weight excluding hydrogens is 271 g/mol. The Morgan fingerprint density at radius 2 is 2.00 bits per heavy atom. The van der Waals surface area contributed by atoms with Crippen LogP contribution < -0.4 is 10.1 Å². The van der Waals surface area contributed by atoms with Gasteiger partial charge in [-0.3, -0.25) is 4.79 Å². The first-order valence-electron chi connectivity index (χ1n) is 6.32. The van der Waals surface area contributed by atoms with Crippen LogP contribution in [0, 0.1) is 17.1 Å². The highest BCUT2D eigenvalue weighted by atomic mass is 19.1. The number of amides is 1. The predicted molar refractivity (Wildman–Crippen MR) is 76.3 cm³/mol. The summed E-state index contributed by atoms with van der Waals surface area (Å²) in [6.45, 7) is 1.60. The number of hydrogen-bond donors (Lipinski definition) is 1. The second-order valence-electron chi connectivity index (χ2n) is 4.40. The number of benzene rings is 2. The van der Waals surface area contributed by atoms with Crippen molar-refractivity contribution in [1.82, 2.24) is 0 Å². The Balaban J connectivity index is 1.99. The third-order valence-corrected chi connectivity index (χ3v) is 2.76. The molecule has 1 atom stereocenters. The first-order valence-corrected chi connectivity index (χ1v) is 6.32. The van der Waals surface area contributed by atoms with Gasteiger partial charge in [0.2, 0.25) is 0 Å². The van der Waals surface area contributed by atoms with Crippen molar-refractivity contribution >= 4 is 11.6 Å². The molecule has 21 heavy (non-hydrogen) atoms. The molecule has 0 spiro atoms. The van der Waals surface area contributed by atoms with Crippen molar-refractivity contribution in [3.63, 3.8) is 0 Å². The zero-order valence-corrected chi connectivity index (χ0v) is 11.3. The quantitative estimate of drug-likeness (QED) is 0.938. The molecule has 1 unspecified atom stereocenters. The van der Waals surface area contributed by atoms with E-state index < -0.39 is 6.10 Å². The van der Waals surface area contributed by atoms with Gasteiger partial charge in [0, 0.05) is 5.69 Å². The average Bonchev–Trinajstić information content (AvgIpc) is 2.49. The summed E-state index contributed by atoms with van der Waals surface area (Å²) in [6.07, 6.45) is -0.746. The molecule has 0 fully saturated rings. The number of nitrogens with one attached hydrogen (secondary N) is 1. The molecule has 0 bridgehead atoms. The fourth-order valence-electron chi connectivity index (χ4n) is 1.67. The molecule has 2 rings (SSSR count). The third kappa shape index (κ3) is 4.05. The fourth-order valence-corrected chi connectivity index (χ4v) is 1.67. The number of anilines is 1. The van der Waals surface area contributed by atoms with Crippen molar-refractivity contribution in [2.45, 2.75) is 13.0 Å². The Bertz CT molecular complexity index is 677. The van der Waals surface area contributed by atoms with E-state index in [2.05, 4.69) is 5.32 Å². The van der Waals surface area contributed by atoms with E-state index in [1.807, 2.05) is 6.07 Å². The largest absolute Gasteiger partial charge is 0.481 e. The number of rotatable bonds is 4. The number of nitrogens with zero attached hydrogens (tertiary/aromatic N) is 1. The predicted octanol–water partition coefficient (Wildman–Crippen LogP) is 3.10. The maximum Gasteiger partial charge on any atom is 0.265 e. The number of halogens is 1. The van der Waals surface area contributed by atoms with E-state index in [9.17, 15) is 9.18 Å². The molecule has 0 aliphatic carbocycles. The van der Waals surface area contributed by atoms with Crippen LogP contribution in [0.1, 0.15) is 12.5 Å². The van der Waals surface area contributed by atoms with E-state index in [0.29, 0.717) is 17.0 Å². The van der Waals surface area contributed by atoms with E-state index in [1.165, 1.54) is 24.3 Å². The van der Waals surface area contributed by atoms with E-state index in [-0.39, 0.29) is 11.7 Å². The summed E-state index contributed by atoms with van der Waals surface area (Å²) >= 11 is 0. The number of carbonyl (C=O) groups excluding carboxylic acids is 1. The topological polar surface area (TPSA) is 62.1 Å². The molecule has 4 nitrogen and oxygen atoms in total. The summed E-state index contributed by atoms with van der Waals surface area (Å²) in [5.74, 6) is -0.287. The van der Waals surface area contributed by atoms with Crippen LogP contribution in [-0.4, -0.2) is 12.0 Å². The van der Waals surface area contributed by atoms with Crippen molar-refractivity contribution in [3.05, 3.63) is 59.9 Å². The molecule has 2 aromatic carbocycles. The normalized spacial score (nSPS) is 11.3. The molecule has 0 aliphatic rings. The lowest BCUT2D eigenvalue weighted by atomic mass is 10.2. The Kier molecular flexibility index (Phi) is 4.52. The van der Waals surface area contributed by atoms with Crippen LogP contribution in [0.5, 0.6) is 5.75 Å². The molecule has 1 N–H and O–H groups in total. The van der Waals surface area contributed by atoms with Crippen LogP contribution in [0.15, 0.2) is 48.5 Å². The van der Waals surface area contributed by atoms with Gasteiger partial charge in [0.1, 0.15) is 11.6 Å². The second-order valence-corrected chi connectivity index (χ2v) is 4.40. The molecule has 0 saturated carbocycles. The minimum atomic E-state index is -0.746. The molecule has 1 amide bonds. The van der Waals surface area contributed by atoms with Gasteiger partial charge in [-0.1, -0.05) is 6.07 Å². The van der Waals surface area contributed by atoms with E-state index in [1.54, 1.807) is 31.2 Å². The molecule has 0 saturated heterocycles. The Hall–Kier alpha value is -2.87. The number of carbonyl (C=O) groups is 1. The molecule has 2 aromatic rings. The van der Waals surface area contributed by atoms with Gasteiger partial charge in [0.25, 0.3) is 5.91 Å². The minimum Gasteiger partial charge on any atom is -0.481 e. The first-order chi connectivity index (χ1) is 10.1. The Labute approximate surface area is 121 Å². The molecule has 106 valence electrons. The smallest absolute Gasteiger partial charge is 0.265 e. The molecule has 0 radical (unpaired) electrons. The van der Waals surface area contributed by atoms with Crippen LogP contribution in [0.4, 0.5) is 10.1 Å². The highest BCUT2D eigenvalue weighted by Gasteiger charge is 2.15. The van der Waals surface area contributed by atoms with Crippen LogP contribution in [0.25, 0.3) is 0 Å². The molecule has 5 heteroatoms. The second kappa shape index (κ2) is 6.53. The number of nitriles is 1. The zero-order valence-electron chi connectivity index (χ0n) is 11.3. The van der Waals surface area contributed by atoms with E-state index in [0.717, 1.165) is 0 Å². The van der Waals surface area contributed by atoms with Crippen molar-refractivity contribution in [1.29, 1.82) is 5.26 Å². The molecule has 0 aliphatic heterocycles. The summed E-state index contributed by atoms with van der Waals surface area (Å²) in [7, 11) is 0. The fraction of sp³-hybridized carbons (Fsp3) is 0.125. The lowest BCUT2D eigenvalue weighted by molar-refractivity contribution is -0.122. The first kappa shape index (κ1) is 14.5. The molecular formula is C16H13FN2O2. The maximum atomic E-state index is 12.8. The number of hydrogen-bond acceptors (Lipinski definition) is 3. The lowest BCUT2D eigenvalue weighted by Crippen LogP contribution is -2.30. The Morgan fingerprint density at radius 1 is 1.29 bits per heavy atom. The van der Waals surface area contributed by atoms with Gasteiger partial charge in [-0.15, -0.1) is 0 Å². The van der Waals surface area contributed by atoms with Crippen molar-refractivity contribution < 1.29 is 13.9 Å². The van der Waals surface area contributed by atoms with Crippen LogP contribution in [-0.2, 0) is 4.79 Å². The Morgan fingerprint density at radius 3 is 2.67 bits per heavy atom. The van der Waals surface area contributed by atoms with Crippen molar-refractivity contribution in [2.75, 3.05) is 5.32 Å². The van der Waals surface area contributed by atoms with Crippen LogP contribution in [0.2, 0.25) is 0 Å². The van der Waals surface area contributed by atoms with Crippen molar-refractivity contribution in [2.24, 2.45) is 0 Å². The van der Waals surface area contributed by atoms with Gasteiger partial charge < -0.3 is 10.1 Å². The van der Waals surface area contributed by atoms with Gasteiger partial charge >= 0.3 is 0 Å². The van der Waals surface area contributed by atoms with E-state index in [4.69, 9.17) is 10.00 Å².